The van der Waals surface area contributed by atoms with E-state index in [0.717, 1.165) is 44.6 Å². The van der Waals surface area contributed by atoms with E-state index in [-0.39, 0.29) is 6.04 Å². The summed E-state index contributed by atoms with van der Waals surface area (Å²) in [6, 6.07) is 76.4. The quantitative estimate of drug-likeness (QED) is 0.151. The van der Waals surface area contributed by atoms with Crippen molar-refractivity contribution in [2.24, 2.45) is 0 Å². The van der Waals surface area contributed by atoms with Gasteiger partial charge in [-0.15, -0.1) is 0 Å². The van der Waals surface area contributed by atoms with Crippen molar-refractivity contribution in [1.29, 1.82) is 0 Å². The number of rotatable bonds is 7. The Labute approximate surface area is 350 Å². The first-order valence-corrected chi connectivity index (χ1v) is 20.6. The highest BCUT2D eigenvalue weighted by Gasteiger charge is 2.27. The second kappa shape index (κ2) is 14.9. The molecule has 1 aromatic heterocycles. The van der Waals surface area contributed by atoms with Crippen LogP contribution in [-0.4, -0.2) is 12.0 Å². The van der Waals surface area contributed by atoms with E-state index in [4.69, 9.17) is 4.98 Å². The Bertz CT molecular complexity index is 3110. The molecule has 3 heteroatoms. The van der Waals surface area contributed by atoms with Crippen molar-refractivity contribution in [2.45, 2.75) is 6.04 Å². The lowest BCUT2D eigenvalue weighted by molar-refractivity contribution is 0.814. The maximum atomic E-state index is 5.39. The summed E-state index contributed by atoms with van der Waals surface area (Å²) in [7, 11) is 2.23. The van der Waals surface area contributed by atoms with Crippen molar-refractivity contribution in [1.82, 2.24) is 4.98 Å². The van der Waals surface area contributed by atoms with Gasteiger partial charge in [-0.1, -0.05) is 188 Å². The van der Waals surface area contributed by atoms with Crippen molar-refractivity contribution in [3.05, 3.63) is 230 Å². The summed E-state index contributed by atoms with van der Waals surface area (Å²) in [6.07, 6.45) is 4.63. The highest BCUT2D eigenvalue weighted by molar-refractivity contribution is 6.14. The van der Waals surface area contributed by atoms with Gasteiger partial charge in [0.1, 0.15) is 0 Å². The second-order valence-corrected chi connectivity index (χ2v) is 15.6. The maximum Gasteiger partial charge on any atom is 0.0955 e. The standard InChI is InChI=1S/C57H41N3/c1-59-53(37-30-44-29-35-51-55(43-19-9-4-10-20-43)50-23-13-14-24-52(50)58-56(51)57(44)59)49-36-38-54(48-22-12-11-21-47(48)49)60(45-31-25-41(26-32-45)39-15-5-2-6-16-39)46-33-27-42(28-34-46)40-17-7-3-8-18-40/h2-38,53H,1H3. The van der Waals surface area contributed by atoms with E-state index in [0.29, 0.717) is 0 Å². The lowest BCUT2D eigenvalue weighted by Crippen LogP contribution is -2.26. The molecule has 0 bridgehead atoms. The smallest absolute Gasteiger partial charge is 0.0955 e. The average Bonchev–Trinajstić information content (AvgIpc) is 3.32. The fourth-order valence-electron chi connectivity index (χ4n) is 9.21. The molecule has 0 aliphatic carbocycles. The topological polar surface area (TPSA) is 19.4 Å². The molecule has 11 rings (SSSR count). The monoisotopic (exact) mass is 767 g/mol. The van der Waals surface area contributed by atoms with Crippen LogP contribution < -0.4 is 9.80 Å². The van der Waals surface area contributed by atoms with Crippen LogP contribution in [0.3, 0.4) is 0 Å². The van der Waals surface area contributed by atoms with Gasteiger partial charge in [-0.05, 0) is 80.7 Å². The number of para-hydroxylation sites is 1. The molecule has 284 valence electrons. The van der Waals surface area contributed by atoms with Crippen LogP contribution in [0.15, 0.2) is 218 Å². The van der Waals surface area contributed by atoms with Gasteiger partial charge >= 0.3 is 0 Å². The zero-order valence-electron chi connectivity index (χ0n) is 33.3. The van der Waals surface area contributed by atoms with Gasteiger partial charge in [0.05, 0.1) is 28.5 Å². The van der Waals surface area contributed by atoms with E-state index >= 15 is 0 Å². The fraction of sp³-hybridized carbons (Fsp3) is 0.0351. The molecular weight excluding hydrogens is 727 g/mol. The van der Waals surface area contributed by atoms with Crippen LogP contribution >= 0.6 is 0 Å². The minimum atomic E-state index is -0.0146. The molecule has 1 aliphatic heterocycles. The Kier molecular flexibility index (Phi) is 8.78. The van der Waals surface area contributed by atoms with E-state index in [1.807, 2.05) is 0 Å². The van der Waals surface area contributed by atoms with Gasteiger partial charge in [0.2, 0.25) is 0 Å². The zero-order chi connectivity index (χ0) is 40.0. The highest BCUT2D eigenvalue weighted by Crippen LogP contribution is 2.47. The first-order valence-electron chi connectivity index (χ1n) is 20.6. The third-order valence-corrected chi connectivity index (χ3v) is 12.1. The lowest BCUT2D eigenvalue weighted by Gasteiger charge is -2.35. The van der Waals surface area contributed by atoms with Gasteiger partial charge in [0, 0.05) is 40.1 Å². The largest absolute Gasteiger partial charge is 0.362 e. The Morgan fingerprint density at radius 2 is 0.950 bits per heavy atom. The first-order chi connectivity index (χ1) is 29.7. The molecule has 0 N–H and O–H groups in total. The summed E-state index contributed by atoms with van der Waals surface area (Å²) < 4.78 is 0. The number of pyridine rings is 1. The first kappa shape index (κ1) is 35.4. The number of benzene rings is 9. The van der Waals surface area contributed by atoms with Crippen molar-refractivity contribution < 1.29 is 0 Å². The minimum Gasteiger partial charge on any atom is -0.362 e. The third kappa shape index (κ3) is 6.11. The summed E-state index contributed by atoms with van der Waals surface area (Å²) in [5.41, 5.74) is 16.1. The van der Waals surface area contributed by atoms with Crippen LogP contribution in [0, 0.1) is 0 Å². The van der Waals surface area contributed by atoms with Crippen LogP contribution in [0.2, 0.25) is 0 Å². The van der Waals surface area contributed by atoms with Crippen LogP contribution in [0.25, 0.3) is 72.0 Å². The molecular formula is C57H41N3. The maximum absolute atomic E-state index is 5.39. The van der Waals surface area contributed by atoms with Crippen LogP contribution in [0.1, 0.15) is 17.2 Å². The molecule has 0 radical (unpaired) electrons. The number of anilines is 4. The zero-order valence-corrected chi connectivity index (χ0v) is 33.3. The van der Waals surface area contributed by atoms with Crippen molar-refractivity contribution in [3.8, 4) is 33.4 Å². The molecule has 60 heavy (non-hydrogen) atoms. The van der Waals surface area contributed by atoms with Gasteiger partial charge in [-0.3, -0.25) is 0 Å². The Balaban J connectivity index is 1.04. The van der Waals surface area contributed by atoms with Crippen molar-refractivity contribution >= 4 is 61.4 Å². The molecule has 9 aromatic carbocycles. The summed E-state index contributed by atoms with van der Waals surface area (Å²) in [5, 5.41) is 4.73. The van der Waals surface area contributed by atoms with Gasteiger partial charge in [-0.25, -0.2) is 4.98 Å². The van der Waals surface area contributed by atoms with Crippen LogP contribution in [-0.2, 0) is 0 Å². The predicted molar refractivity (Wildman–Crippen MR) is 254 cm³/mol. The van der Waals surface area contributed by atoms with E-state index in [2.05, 4.69) is 241 Å². The van der Waals surface area contributed by atoms with Crippen LogP contribution in [0.4, 0.5) is 22.7 Å². The molecule has 0 spiro atoms. The second-order valence-electron chi connectivity index (χ2n) is 15.6. The molecule has 2 heterocycles. The molecule has 1 aliphatic rings. The van der Waals surface area contributed by atoms with Gasteiger partial charge in [0.15, 0.2) is 0 Å². The van der Waals surface area contributed by atoms with E-state index in [1.165, 1.54) is 55.3 Å². The summed E-state index contributed by atoms with van der Waals surface area (Å²) in [4.78, 5) is 10.2. The number of hydrogen-bond acceptors (Lipinski definition) is 3. The normalized spacial score (nSPS) is 13.5. The molecule has 0 amide bonds. The Morgan fingerprint density at radius 1 is 0.433 bits per heavy atom. The Morgan fingerprint density at radius 3 is 1.57 bits per heavy atom. The number of aromatic nitrogens is 1. The van der Waals surface area contributed by atoms with Crippen LogP contribution in [0.5, 0.6) is 0 Å². The molecule has 1 unspecified atom stereocenters. The minimum absolute atomic E-state index is 0.0146. The van der Waals surface area contributed by atoms with Gasteiger partial charge < -0.3 is 9.80 Å². The summed E-state index contributed by atoms with van der Waals surface area (Å²) in [6.45, 7) is 0. The Hall–Kier alpha value is -7.75. The SMILES string of the molecule is CN1c2c(ccc3c(-c4ccccc4)c4ccccc4nc23)C=CC1c1ccc(N(c2ccc(-c3ccccc3)cc2)c2ccc(-c3ccccc3)cc2)c2ccccc12. The molecule has 3 nitrogen and oxygen atoms in total. The van der Waals surface area contributed by atoms with E-state index < -0.39 is 0 Å². The van der Waals surface area contributed by atoms with E-state index in [1.54, 1.807) is 0 Å². The number of nitrogens with zero attached hydrogens (tertiary/aromatic N) is 3. The highest BCUT2D eigenvalue weighted by atomic mass is 15.2. The molecule has 0 saturated carbocycles. The van der Waals surface area contributed by atoms with E-state index in [9.17, 15) is 0 Å². The third-order valence-electron chi connectivity index (χ3n) is 12.1. The number of fused-ring (bicyclic) bond motifs is 5. The summed E-state index contributed by atoms with van der Waals surface area (Å²) >= 11 is 0. The molecule has 0 fully saturated rings. The predicted octanol–water partition coefficient (Wildman–Crippen LogP) is 15.2. The number of hydrogen-bond donors (Lipinski definition) is 0. The van der Waals surface area contributed by atoms with Crippen molar-refractivity contribution in [2.75, 3.05) is 16.8 Å². The summed E-state index contributed by atoms with van der Waals surface area (Å²) in [5.74, 6) is 0. The average molecular weight is 768 g/mol. The molecule has 1 atom stereocenters. The van der Waals surface area contributed by atoms with Crippen molar-refractivity contribution in [3.63, 3.8) is 0 Å². The lowest BCUT2D eigenvalue weighted by atomic mass is 9.90. The van der Waals surface area contributed by atoms with Gasteiger partial charge in [0.25, 0.3) is 0 Å². The molecule has 10 aromatic rings. The van der Waals surface area contributed by atoms with Gasteiger partial charge in [-0.2, -0.15) is 0 Å². The number of likely N-dealkylation sites (N-methyl/N-ethyl adjacent to an activating group) is 1. The molecule has 0 saturated heterocycles. The fourth-order valence-corrected chi connectivity index (χ4v) is 9.21.